The van der Waals surface area contributed by atoms with Crippen LogP contribution in [0.3, 0.4) is 0 Å². The lowest BCUT2D eigenvalue weighted by molar-refractivity contribution is 0.0961. The Bertz CT molecular complexity index is 2210. The lowest BCUT2D eigenvalue weighted by Gasteiger charge is -2.11. The van der Waals surface area contributed by atoms with E-state index in [9.17, 15) is 27.0 Å². The van der Waals surface area contributed by atoms with Gasteiger partial charge >= 0.3 is 0 Å². The van der Waals surface area contributed by atoms with Crippen LogP contribution < -0.4 is 0 Å². The van der Waals surface area contributed by atoms with E-state index in [-0.39, 0.29) is 22.3 Å². The molecule has 1 N–H and O–H groups in total. The molecule has 218 valence electrons. The third kappa shape index (κ3) is 4.75. The largest absolute Gasteiger partial charge is 0.333 e. The summed E-state index contributed by atoms with van der Waals surface area (Å²) in [7, 11) is -4.72. The Hall–Kier alpha value is -4.84. The minimum atomic E-state index is -4.72. The number of nitrogens with zero attached hydrogens (tertiary/aromatic N) is 3. The lowest BCUT2D eigenvalue weighted by atomic mass is 10.00. The maximum Gasteiger partial charge on any atom is 0.295 e. The molecule has 0 spiro atoms. The number of hydrogen-bond acceptors (Lipinski definition) is 6. The van der Waals surface area contributed by atoms with E-state index in [1.807, 2.05) is 22.9 Å². The third-order valence-electron chi connectivity index (χ3n) is 7.71. The molecule has 44 heavy (non-hydrogen) atoms. The van der Waals surface area contributed by atoms with Crippen molar-refractivity contribution in [2.75, 3.05) is 0 Å². The van der Waals surface area contributed by atoms with Crippen molar-refractivity contribution >= 4 is 44.5 Å². The van der Waals surface area contributed by atoms with Gasteiger partial charge in [0.05, 0.1) is 11.1 Å². The van der Waals surface area contributed by atoms with Crippen molar-refractivity contribution in [1.82, 2.24) is 14.1 Å². The molecule has 0 amide bonds. The number of aromatic nitrogens is 3. The van der Waals surface area contributed by atoms with Gasteiger partial charge in [-0.15, -0.1) is 11.8 Å². The highest BCUT2D eigenvalue weighted by atomic mass is 32.2. The molecular weight excluding hydrogens is 602 g/mol. The highest BCUT2D eigenvalue weighted by Gasteiger charge is 2.31. The Labute approximate surface area is 255 Å². The van der Waals surface area contributed by atoms with E-state index in [1.54, 1.807) is 60.6 Å². The minimum absolute atomic E-state index is 0.0293. The van der Waals surface area contributed by atoms with E-state index in [2.05, 4.69) is 4.98 Å². The van der Waals surface area contributed by atoms with Crippen molar-refractivity contribution < 1.29 is 27.0 Å². The van der Waals surface area contributed by atoms with Gasteiger partial charge in [-0.25, -0.2) is 4.39 Å². The molecule has 1 aliphatic rings. The maximum absolute atomic E-state index is 14.2. The van der Waals surface area contributed by atoms with E-state index < -0.39 is 26.7 Å². The van der Waals surface area contributed by atoms with Crippen molar-refractivity contribution in [3.63, 3.8) is 0 Å². The molecule has 0 saturated heterocycles. The van der Waals surface area contributed by atoms with Crippen LogP contribution in [0.2, 0.25) is 0 Å². The molecule has 0 unspecified atom stereocenters. The lowest BCUT2D eigenvalue weighted by Crippen LogP contribution is -2.15. The predicted molar refractivity (Wildman–Crippen MR) is 165 cm³/mol. The quantitative estimate of drug-likeness (QED) is 0.164. The summed E-state index contributed by atoms with van der Waals surface area (Å²) in [5, 5.41) is 0.450. The molecule has 1 aliphatic heterocycles. The Kier molecular flexibility index (Phi) is 6.80. The molecule has 0 radical (unpaired) electrons. The summed E-state index contributed by atoms with van der Waals surface area (Å²) in [6, 6.07) is 22.0. The average Bonchev–Trinajstić information content (AvgIpc) is 3.74. The molecule has 6 aromatic rings. The molecule has 8 nitrogen and oxygen atoms in total. The Morgan fingerprint density at radius 1 is 0.909 bits per heavy atom. The predicted octanol–water partition coefficient (Wildman–Crippen LogP) is 6.60. The number of rotatable bonds is 6. The smallest absolute Gasteiger partial charge is 0.295 e. The molecule has 4 heterocycles. The van der Waals surface area contributed by atoms with E-state index in [0.717, 1.165) is 17.3 Å². The van der Waals surface area contributed by atoms with E-state index in [0.29, 0.717) is 33.3 Å². The van der Waals surface area contributed by atoms with Crippen LogP contribution in [0.5, 0.6) is 0 Å². The van der Waals surface area contributed by atoms with Gasteiger partial charge in [-0.3, -0.25) is 23.7 Å². The van der Waals surface area contributed by atoms with Crippen LogP contribution in [0.25, 0.3) is 22.0 Å². The number of hydrogen-bond donors (Lipinski definition) is 1. The van der Waals surface area contributed by atoms with Crippen molar-refractivity contribution in [1.29, 1.82) is 0 Å². The number of thioether (sulfide) groups is 1. The molecule has 0 aliphatic carbocycles. The molecule has 3 aromatic carbocycles. The van der Waals surface area contributed by atoms with Crippen molar-refractivity contribution in [2.24, 2.45) is 0 Å². The zero-order valence-corrected chi connectivity index (χ0v) is 24.4. The first-order chi connectivity index (χ1) is 21.2. The fraction of sp³-hybridized carbons (Fsp3) is 0.0606. The molecule has 7 rings (SSSR count). The monoisotopic (exact) mass is 623 g/mol. The highest BCUT2D eigenvalue weighted by Crippen LogP contribution is 2.42. The summed E-state index contributed by atoms with van der Waals surface area (Å²) in [5.41, 5.74) is 4.06. The van der Waals surface area contributed by atoms with Gasteiger partial charge < -0.3 is 4.57 Å². The van der Waals surface area contributed by atoms with Crippen LogP contribution in [-0.4, -0.2) is 38.8 Å². The third-order valence-corrected chi connectivity index (χ3v) is 9.88. The fourth-order valence-electron chi connectivity index (χ4n) is 5.62. The van der Waals surface area contributed by atoms with Gasteiger partial charge in [0.25, 0.3) is 16.0 Å². The zero-order valence-electron chi connectivity index (χ0n) is 22.8. The van der Waals surface area contributed by atoms with Gasteiger partial charge in [-0.1, -0.05) is 42.5 Å². The molecule has 11 heteroatoms. The Balaban J connectivity index is 1.38. The zero-order chi connectivity index (χ0) is 30.6. The first kappa shape index (κ1) is 28.0. The summed E-state index contributed by atoms with van der Waals surface area (Å²) in [5.74, 6) is -0.831. The average molecular weight is 624 g/mol. The molecule has 0 saturated carbocycles. The van der Waals surface area contributed by atoms with Crippen LogP contribution in [0.4, 0.5) is 4.39 Å². The van der Waals surface area contributed by atoms with Crippen LogP contribution in [0.1, 0.15) is 42.9 Å². The molecule has 3 aromatic heterocycles. The normalized spacial score (nSPS) is 14.5. The van der Waals surface area contributed by atoms with Gasteiger partial charge in [0.1, 0.15) is 16.1 Å². The van der Waals surface area contributed by atoms with Gasteiger partial charge in [0.2, 0.25) is 0 Å². The number of ketones is 1. The van der Waals surface area contributed by atoms with E-state index in [1.165, 1.54) is 41.1 Å². The van der Waals surface area contributed by atoms with Crippen molar-refractivity contribution in [3.8, 4) is 11.1 Å². The molecule has 0 fully saturated rings. The van der Waals surface area contributed by atoms with Gasteiger partial charge in [0.15, 0.2) is 5.78 Å². The van der Waals surface area contributed by atoms with Crippen molar-refractivity contribution in [3.05, 3.63) is 143 Å². The number of fused-ring (bicyclic) bond motifs is 2. The SMILES string of the molecule is O=C(c1ccn2c1CS[C@@H]2c1cccnc1)c1cn(C(=O)c2ccccc2S(=O)(=O)O)c2cc(-c3ccc(F)cc3)ccc12. The molecule has 1 atom stereocenters. The number of pyridine rings is 1. The second-order valence-corrected chi connectivity index (χ2v) is 12.7. The second-order valence-electron chi connectivity index (χ2n) is 10.3. The number of halogens is 1. The summed E-state index contributed by atoms with van der Waals surface area (Å²) in [6.45, 7) is 0. The highest BCUT2D eigenvalue weighted by molar-refractivity contribution is 7.99. The fourth-order valence-corrected chi connectivity index (χ4v) is 7.61. The van der Waals surface area contributed by atoms with Crippen LogP contribution >= 0.6 is 11.8 Å². The van der Waals surface area contributed by atoms with Gasteiger partial charge in [0, 0.05) is 58.3 Å². The first-order valence-electron chi connectivity index (χ1n) is 13.5. The first-order valence-corrected chi connectivity index (χ1v) is 16.0. The van der Waals surface area contributed by atoms with Gasteiger partial charge in [-0.05, 0) is 53.6 Å². The summed E-state index contributed by atoms with van der Waals surface area (Å²) in [6.07, 6.45) is 6.80. The number of benzene rings is 3. The van der Waals surface area contributed by atoms with E-state index in [4.69, 9.17) is 0 Å². The maximum atomic E-state index is 14.2. The minimum Gasteiger partial charge on any atom is -0.333 e. The number of carbonyl (C=O) groups excluding carboxylic acids is 2. The molecular formula is C33H22FN3O5S2. The number of carbonyl (C=O) groups is 2. The second kappa shape index (κ2) is 10.7. The topological polar surface area (TPSA) is 111 Å². The van der Waals surface area contributed by atoms with Crippen LogP contribution in [0, 0.1) is 5.82 Å². The van der Waals surface area contributed by atoms with Crippen LogP contribution in [0.15, 0.2) is 115 Å². The summed E-state index contributed by atoms with van der Waals surface area (Å²) < 4.78 is 51.0. The van der Waals surface area contributed by atoms with Gasteiger partial charge in [-0.2, -0.15) is 8.42 Å². The summed E-state index contributed by atoms with van der Waals surface area (Å²) >= 11 is 1.68. The van der Waals surface area contributed by atoms with Crippen LogP contribution in [-0.2, 0) is 15.9 Å². The Morgan fingerprint density at radius 2 is 1.68 bits per heavy atom. The summed E-state index contributed by atoms with van der Waals surface area (Å²) in [4.78, 5) is 31.8. The standard InChI is InChI=1S/C33H22FN3O5S2/c34-23-10-7-20(8-11-23)21-9-12-24-27(18-37(28(24)16-21)32(39)26-5-1-2-6-30(26)44(40,41)42)31(38)25-13-15-36-29(25)19-43-33(36)22-4-3-14-35-17-22/h1-18,33H,19H2,(H,40,41,42)/t33-/m1/s1. The van der Waals surface area contributed by atoms with Crippen molar-refractivity contribution in [2.45, 2.75) is 16.0 Å². The molecule has 0 bridgehead atoms. The Morgan fingerprint density at radius 3 is 2.43 bits per heavy atom. The van der Waals surface area contributed by atoms with E-state index >= 15 is 0 Å².